The summed E-state index contributed by atoms with van der Waals surface area (Å²) in [4.78, 5) is 0. The van der Waals surface area contributed by atoms with Crippen molar-refractivity contribution in [3.05, 3.63) is 0 Å². The third-order valence-corrected chi connectivity index (χ3v) is 0. The van der Waals surface area contributed by atoms with Crippen molar-refractivity contribution in [3.63, 3.8) is 0 Å². The van der Waals surface area contributed by atoms with Gasteiger partial charge in [-0.25, -0.2) is 0 Å². The zero-order valence-corrected chi connectivity index (χ0v) is 19.5. The maximum Gasteiger partial charge on any atom is 0 e. The molecule has 6 heavy (non-hydrogen) atoms. The van der Waals surface area contributed by atoms with Crippen molar-refractivity contribution in [3.8, 4) is 0 Å². The van der Waals surface area contributed by atoms with Gasteiger partial charge in [-0.05, 0) is 0 Å². The fraction of sp³-hybridized carbons (Fsp3) is 0. The van der Waals surface area contributed by atoms with E-state index in [2.05, 4.69) is 0 Å². The quantitative estimate of drug-likeness (QED) is 0.336. The first-order chi connectivity index (χ1) is 0. The van der Waals surface area contributed by atoms with Crippen LogP contribution in [0.5, 0.6) is 0 Å². The van der Waals surface area contributed by atoms with E-state index in [1.807, 2.05) is 0 Å². The maximum absolute atomic E-state index is 0. The molecule has 0 amide bonds. The van der Waals surface area contributed by atoms with Crippen molar-refractivity contribution in [2.45, 2.75) is 0 Å². The molecular formula is Co2La2Sr2. The molecule has 0 aliphatic heterocycles. The van der Waals surface area contributed by atoms with Gasteiger partial charge in [-0.15, -0.1) is 0 Å². The second kappa shape index (κ2) is 30.1. The maximum atomic E-state index is 0. The zero-order chi connectivity index (χ0) is 0. The molecule has 0 aromatic rings. The monoisotopic (exact) mass is 571 g/mol. The van der Waals surface area contributed by atoms with Crippen molar-refractivity contribution in [2.24, 2.45) is 0 Å². The van der Waals surface area contributed by atoms with Crippen LogP contribution in [0.2, 0.25) is 0 Å². The van der Waals surface area contributed by atoms with Crippen molar-refractivity contribution >= 4 is 91.0 Å². The Hall–Kier alpha value is 6.36. The molecule has 0 rings (SSSR count). The van der Waals surface area contributed by atoms with Crippen molar-refractivity contribution in [1.82, 2.24) is 0 Å². The first-order valence-corrected chi connectivity index (χ1v) is 0. The molecule has 0 saturated carbocycles. The van der Waals surface area contributed by atoms with Gasteiger partial charge in [-0.1, -0.05) is 0 Å². The average Bonchev–Trinajstić information content (AvgIpc) is 0. The zero-order valence-electron chi connectivity index (χ0n) is 3.24. The fourth-order valence-electron chi connectivity index (χ4n) is 0. The summed E-state index contributed by atoms with van der Waals surface area (Å²) in [5, 5.41) is 0. The Morgan fingerprint density at radius 1 is 0.500 bits per heavy atom. The Morgan fingerprint density at radius 3 is 0.500 bits per heavy atom. The van der Waals surface area contributed by atoms with E-state index >= 15 is 0 Å². The largest absolute Gasteiger partial charge is 0 e. The molecule has 0 aromatic heterocycles. The molecular weight excluding hydrogens is 571 g/mol. The molecule has 28 valence electrons. The van der Waals surface area contributed by atoms with Crippen molar-refractivity contribution in [1.29, 1.82) is 0 Å². The summed E-state index contributed by atoms with van der Waals surface area (Å²) in [5.41, 5.74) is 0. The van der Waals surface area contributed by atoms with E-state index in [4.69, 9.17) is 0 Å². The predicted molar refractivity (Wildman–Crippen MR) is 11.5 cm³/mol. The van der Waals surface area contributed by atoms with E-state index in [0.717, 1.165) is 0 Å². The smallest absolute Gasteiger partial charge is 0 e. The van der Waals surface area contributed by atoms with E-state index in [0.29, 0.717) is 0 Å². The number of hydrogen-bond acceptors (Lipinski definition) is 0. The van der Waals surface area contributed by atoms with Crippen LogP contribution in [-0.2, 0) is 33.6 Å². The molecule has 0 saturated heterocycles. The van der Waals surface area contributed by atoms with Crippen LogP contribution in [0.1, 0.15) is 0 Å². The van der Waals surface area contributed by atoms with Crippen LogP contribution < -0.4 is 0 Å². The van der Waals surface area contributed by atoms with Crippen LogP contribution in [0.15, 0.2) is 0 Å². The molecule has 0 nitrogen and oxygen atoms in total. The minimum Gasteiger partial charge on any atom is 0 e. The van der Waals surface area contributed by atoms with Gasteiger partial charge in [-0.3, -0.25) is 0 Å². The number of hydrogen-bond donors (Lipinski definition) is 0. The van der Waals surface area contributed by atoms with E-state index in [9.17, 15) is 0 Å². The molecule has 0 fully saturated rings. The minimum absolute atomic E-state index is 0. The van der Waals surface area contributed by atoms with Gasteiger partial charge in [0.1, 0.15) is 0 Å². The van der Waals surface area contributed by atoms with Crippen LogP contribution in [0, 0.1) is 71.2 Å². The van der Waals surface area contributed by atoms with Gasteiger partial charge in [0.2, 0.25) is 0 Å². The number of rotatable bonds is 0. The van der Waals surface area contributed by atoms with Gasteiger partial charge in [-0.2, -0.15) is 0 Å². The van der Waals surface area contributed by atoms with Crippen LogP contribution in [0.3, 0.4) is 0 Å². The van der Waals surface area contributed by atoms with Crippen molar-refractivity contribution in [2.75, 3.05) is 0 Å². The van der Waals surface area contributed by atoms with E-state index in [-0.39, 0.29) is 196 Å². The Morgan fingerprint density at radius 2 is 0.500 bits per heavy atom. The fourth-order valence-corrected chi connectivity index (χ4v) is 0. The second-order valence-corrected chi connectivity index (χ2v) is 0. The normalized spacial score (nSPS) is 0. The van der Waals surface area contributed by atoms with Gasteiger partial charge in [0.05, 0.1) is 0 Å². The molecule has 0 aliphatic carbocycles. The standard InChI is InChI=1S/2Co.2La.2Sr. The van der Waals surface area contributed by atoms with Crippen LogP contribution in [-0.4, -0.2) is 91.0 Å². The SMILES string of the molecule is [Co].[Co].[La].[La].[Sr].[Sr]. The summed E-state index contributed by atoms with van der Waals surface area (Å²) in [6, 6.07) is 0. The molecule has 0 N–H and O–H groups in total. The van der Waals surface area contributed by atoms with E-state index < -0.39 is 0 Å². The molecule has 6 heteroatoms. The van der Waals surface area contributed by atoms with Gasteiger partial charge in [0.25, 0.3) is 0 Å². The second-order valence-electron chi connectivity index (χ2n) is 0. The third kappa shape index (κ3) is 22.4. The molecule has 0 aromatic carbocycles. The topological polar surface area (TPSA) is 0 Å². The Balaban J connectivity index is 0. The average molecular weight is 571 g/mol. The molecule has 0 bridgehead atoms. The first kappa shape index (κ1) is 39.4. The summed E-state index contributed by atoms with van der Waals surface area (Å²) >= 11 is 0. The third-order valence-electron chi connectivity index (χ3n) is 0. The van der Waals surface area contributed by atoms with E-state index in [1.165, 1.54) is 0 Å². The van der Waals surface area contributed by atoms with Gasteiger partial charge in [0.15, 0.2) is 0 Å². The molecule has 0 spiro atoms. The van der Waals surface area contributed by atoms with Crippen molar-refractivity contribution < 1.29 is 105 Å². The van der Waals surface area contributed by atoms with Gasteiger partial charge in [0, 0.05) is 196 Å². The van der Waals surface area contributed by atoms with Gasteiger partial charge < -0.3 is 0 Å². The minimum atomic E-state index is 0. The Kier molecular flexibility index (Phi) is 198. The Labute approximate surface area is 189 Å². The summed E-state index contributed by atoms with van der Waals surface area (Å²) in [6.07, 6.45) is 0. The molecule has 0 atom stereocenters. The van der Waals surface area contributed by atoms with Crippen LogP contribution in [0.4, 0.5) is 0 Å². The summed E-state index contributed by atoms with van der Waals surface area (Å²) in [5.74, 6) is 0. The van der Waals surface area contributed by atoms with Crippen LogP contribution in [0.25, 0.3) is 0 Å². The Bertz CT molecular complexity index is 9.51. The first-order valence-electron chi connectivity index (χ1n) is 0. The predicted octanol–water partition coefficient (Wildman–Crippen LogP) is -0.767. The molecule has 8 radical (unpaired) electrons. The summed E-state index contributed by atoms with van der Waals surface area (Å²) in [7, 11) is 0. The van der Waals surface area contributed by atoms with Crippen LogP contribution >= 0.6 is 0 Å². The molecule has 0 heterocycles. The summed E-state index contributed by atoms with van der Waals surface area (Å²) in [6.45, 7) is 0. The molecule has 0 aliphatic rings. The summed E-state index contributed by atoms with van der Waals surface area (Å²) < 4.78 is 0. The molecule has 0 unspecified atom stereocenters. The van der Waals surface area contributed by atoms with Gasteiger partial charge >= 0.3 is 0 Å². The van der Waals surface area contributed by atoms with E-state index in [1.54, 1.807) is 0 Å².